The third-order valence-corrected chi connectivity index (χ3v) is 5.01. The highest BCUT2D eigenvalue weighted by molar-refractivity contribution is 5.92. The number of benzene rings is 1. The summed E-state index contributed by atoms with van der Waals surface area (Å²) in [6, 6.07) is 10.5. The van der Waals surface area contributed by atoms with Crippen LogP contribution in [0.1, 0.15) is 44.8 Å². The van der Waals surface area contributed by atoms with Crippen LogP contribution in [0.2, 0.25) is 0 Å². The number of nitrogens with zero attached hydrogens (tertiary/aromatic N) is 4. The number of morpholine rings is 1. The molecule has 1 aliphatic heterocycles. The van der Waals surface area contributed by atoms with Crippen molar-refractivity contribution in [3.05, 3.63) is 88.5 Å². The van der Waals surface area contributed by atoms with Gasteiger partial charge in [0.15, 0.2) is 0 Å². The number of halogens is 1. The van der Waals surface area contributed by atoms with Gasteiger partial charge in [0.2, 0.25) is 0 Å². The Bertz CT molecular complexity index is 1060. The average molecular weight is 406 g/mol. The number of pyridine rings is 1. The summed E-state index contributed by atoms with van der Waals surface area (Å²) in [6.07, 6.45) is 3.37. The normalized spacial score (nSPS) is 16.5. The van der Waals surface area contributed by atoms with E-state index >= 15 is 0 Å². The van der Waals surface area contributed by atoms with Crippen LogP contribution in [0.3, 0.4) is 0 Å². The molecule has 1 unspecified atom stereocenters. The molecule has 1 aliphatic rings. The molecule has 0 N–H and O–H groups in total. The van der Waals surface area contributed by atoms with E-state index in [0.29, 0.717) is 31.8 Å². The lowest BCUT2D eigenvalue weighted by Crippen LogP contribution is -2.42. The maximum absolute atomic E-state index is 13.5. The first-order valence-electron chi connectivity index (χ1n) is 9.89. The third-order valence-electron chi connectivity index (χ3n) is 5.01. The van der Waals surface area contributed by atoms with Crippen molar-refractivity contribution in [3.63, 3.8) is 0 Å². The van der Waals surface area contributed by atoms with E-state index in [4.69, 9.17) is 4.74 Å². The smallest absolute Gasteiger partial charge is 0.274 e. The van der Waals surface area contributed by atoms with Gasteiger partial charge in [-0.1, -0.05) is 12.1 Å². The van der Waals surface area contributed by atoms with E-state index in [0.717, 1.165) is 28.2 Å². The zero-order valence-corrected chi connectivity index (χ0v) is 17.0. The molecule has 1 atom stereocenters. The van der Waals surface area contributed by atoms with Gasteiger partial charge in [-0.15, -0.1) is 0 Å². The first-order chi connectivity index (χ1) is 14.5. The van der Waals surface area contributed by atoms with Crippen LogP contribution in [0, 0.1) is 19.7 Å². The van der Waals surface area contributed by atoms with Crippen LogP contribution in [0.15, 0.2) is 48.8 Å². The highest BCUT2D eigenvalue weighted by atomic mass is 19.1. The monoisotopic (exact) mass is 406 g/mol. The Labute approximate surface area is 174 Å². The minimum atomic E-state index is -0.327. The molecular formula is C23H23FN4O2. The lowest BCUT2D eigenvalue weighted by Gasteiger charge is -2.32. The number of hydrogen-bond acceptors (Lipinski definition) is 5. The Hall–Kier alpha value is -3.19. The van der Waals surface area contributed by atoms with E-state index in [9.17, 15) is 9.18 Å². The standard InChI is InChI=1S/C23H23FN4O2/c1-15-8-18(9-17-4-3-5-19(24)10-17)11-20(27-15)22-14-28(6-7-30-22)23(29)21-13-25-16(2)12-26-21/h3-5,8,10-13,22H,6-7,9,14H2,1-2H3. The molecule has 3 aromatic rings. The Kier molecular flexibility index (Phi) is 5.81. The van der Waals surface area contributed by atoms with E-state index in [1.54, 1.807) is 17.2 Å². The van der Waals surface area contributed by atoms with Gasteiger partial charge in [-0.3, -0.25) is 14.8 Å². The maximum Gasteiger partial charge on any atom is 0.274 e. The van der Waals surface area contributed by atoms with Crippen molar-refractivity contribution in [2.45, 2.75) is 26.4 Å². The molecule has 1 fully saturated rings. The fraction of sp³-hybridized carbons (Fsp3) is 0.304. The van der Waals surface area contributed by atoms with E-state index in [1.807, 2.05) is 32.0 Å². The summed E-state index contributed by atoms with van der Waals surface area (Å²) < 4.78 is 19.4. The van der Waals surface area contributed by atoms with Crippen LogP contribution in [0.4, 0.5) is 4.39 Å². The number of rotatable bonds is 4. The van der Waals surface area contributed by atoms with E-state index in [1.165, 1.54) is 18.3 Å². The van der Waals surface area contributed by atoms with Gasteiger partial charge in [-0.2, -0.15) is 0 Å². The Morgan fingerprint density at radius 3 is 2.77 bits per heavy atom. The Morgan fingerprint density at radius 1 is 1.13 bits per heavy atom. The van der Waals surface area contributed by atoms with Crippen molar-refractivity contribution < 1.29 is 13.9 Å². The predicted molar refractivity (Wildman–Crippen MR) is 110 cm³/mol. The summed E-state index contributed by atoms with van der Waals surface area (Å²) in [5, 5.41) is 0. The predicted octanol–water partition coefficient (Wildman–Crippen LogP) is 3.43. The molecule has 3 heterocycles. The number of ether oxygens (including phenoxy) is 1. The second-order valence-corrected chi connectivity index (χ2v) is 7.50. The quantitative estimate of drug-likeness (QED) is 0.664. The number of carbonyl (C=O) groups is 1. The molecule has 1 saturated heterocycles. The van der Waals surface area contributed by atoms with Gasteiger partial charge in [-0.25, -0.2) is 9.37 Å². The van der Waals surface area contributed by atoms with Crippen molar-refractivity contribution in [2.24, 2.45) is 0 Å². The van der Waals surface area contributed by atoms with Gasteiger partial charge in [0.05, 0.1) is 30.7 Å². The average Bonchev–Trinajstić information content (AvgIpc) is 2.73. The van der Waals surface area contributed by atoms with Crippen molar-refractivity contribution in [2.75, 3.05) is 19.7 Å². The van der Waals surface area contributed by atoms with Crippen molar-refractivity contribution >= 4 is 5.91 Å². The first kappa shape index (κ1) is 20.1. The molecule has 4 rings (SSSR count). The number of hydrogen-bond donors (Lipinski definition) is 0. The second-order valence-electron chi connectivity index (χ2n) is 7.50. The summed E-state index contributed by atoms with van der Waals surface area (Å²) in [5.74, 6) is -0.411. The second kappa shape index (κ2) is 8.67. The molecule has 0 aliphatic carbocycles. The molecule has 1 amide bonds. The molecule has 0 radical (unpaired) electrons. The number of amides is 1. The minimum absolute atomic E-state index is 0.163. The summed E-state index contributed by atoms with van der Waals surface area (Å²) in [6.45, 7) is 5.06. The molecule has 30 heavy (non-hydrogen) atoms. The first-order valence-corrected chi connectivity index (χ1v) is 9.89. The van der Waals surface area contributed by atoms with Crippen LogP contribution in [-0.2, 0) is 11.2 Å². The van der Waals surface area contributed by atoms with Gasteiger partial charge in [0, 0.05) is 18.4 Å². The van der Waals surface area contributed by atoms with E-state index < -0.39 is 0 Å². The molecule has 6 nitrogen and oxygen atoms in total. The molecule has 7 heteroatoms. The van der Waals surface area contributed by atoms with Gasteiger partial charge in [-0.05, 0) is 55.7 Å². The molecule has 0 spiro atoms. The topological polar surface area (TPSA) is 68.2 Å². The molecule has 0 bridgehead atoms. The van der Waals surface area contributed by atoms with Gasteiger partial charge < -0.3 is 9.64 Å². The van der Waals surface area contributed by atoms with E-state index in [2.05, 4.69) is 15.0 Å². The summed E-state index contributed by atoms with van der Waals surface area (Å²) in [4.78, 5) is 27.5. The van der Waals surface area contributed by atoms with E-state index in [-0.39, 0.29) is 17.8 Å². The summed E-state index contributed by atoms with van der Waals surface area (Å²) >= 11 is 0. The summed E-state index contributed by atoms with van der Waals surface area (Å²) in [7, 11) is 0. The van der Waals surface area contributed by atoms with Crippen LogP contribution in [0.5, 0.6) is 0 Å². The lowest BCUT2D eigenvalue weighted by atomic mass is 10.0. The van der Waals surface area contributed by atoms with Crippen LogP contribution < -0.4 is 0 Å². The van der Waals surface area contributed by atoms with Crippen LogP contribution in [0.25, 0.3) is 0 Å². The van der Waals surface area contributed by atoms with Crippen molar-refractivity contribution in [3.8, 4) is 0 Å². The number of carbonyl (C=O) groups excluding carboxylic acids is 1. The minimum Gasteiger partial charge on any atom is -0.368 e. The highest BCUT2D eigenvalue weighted by Gasteiger charge is 2.28. The summed E-state index contributed by atoms with van der Waals surface area (Å²) in [5.41, 5.74) is 4.64. The maximum atomic E-state index is 13.5. The molecule has 0 saturated carbocycles. The van der Waals surface area contributed by atoms with Crippen molar-refractivity contribution in [1.82, 2.24) is 19.9 Å². The van der Waals surface area contributed by atoms with Gasteiger partial charge >= 0.3 is 0 Å². The Morgan fingerprint density at radius 2 is 2.00 bits per heavy atom. The fourth-order valence-electron chi connectivity index (χ4n) is 3.60. The molecular weight excluding hydrogens is 383 g/mol. The van der Waals surface area contributed by atoms with Gasteiger partial charge in [0.1, 0.15) is 17.6 Å². The van der Waals surface area contributed by atoms with Crippen LogP contribution in [-0.4, -0.2) is 45.5 Å². The van der Waals surface area contributed by atoms with Crippen LogP contribution >= 0.6 is 0 Å². The molecule has 1 aromatic carbocycles. The molecule has 2 aromatic heterocycles. The number of aryl methyl sites for hydroxylation is 2. The van der Waals surface area contributed by atoms with Gasteiger partial charge in [0.25, 0.3) is 5.91 Å². The fourth-order valence-corrected chi connectivity index (χ4v) is 3.60. The zero-order chi connectivity index (χ0) is 21.1. The molecule has 154 valence electrons. The zero-order valence-electron chi connectivity index (χ0n) is 17.0. The Balaban J connectivity index is 1.52. The SMILES string of the molecule is Cc1cnc(C(=O)N2CCOC(c3cc(Cc4cccc(F)c4)cc(C)n3)C2)cn1. The third kappa shape index (κ3) is 4.68. The van der Waals surface area contributed by atoms with Crippen molar-refractivity contribution in [1.29, 1.82) is 0 Å². The lowest BCUT2D eigenvalue weighted by molar-refractivity contribution is -0.0250. The largest absolute Gasteiger partial charge is 0.368 e. The highest BCUT2D eigenvalue weighted by Crippen LogP contribution is 2.24. The number of aromatic nitrogens is 3.